The number of hydrogen-bond donors (Lipinski definition) is 0. The van der Waals surface area contributed by atoms with Gasteiger partial charge in [-0.3, -0.25) is 9.97 Å². The Labute approximate surface area is 251 Å². The zero-order valence-corrected chi connectivity index (χ0v) is 25.7. The molecule has 203 valence electrons. The first kappa shape index (κ1) is 29.3. The van der Waals surface area contributed by atoms with Crippen LogP contribution >= 0.6 is 0 Å². The van der Waals surface area contributed by atoms with Crippen molar-refractivity contribution in [2.45, 2.75) is 40.0 Å². The monoisotopic (exact) mass is 700 g/mol. The molecule has 0 N–H and O–H groups in total. The fourth-order valence-corrected chi connectivity index (χ4v) is 4.60. The fourth-order valence-electron chi connectivity index (χ4n) is 4.60. The second-order valence-electron chi connectivity index (χ2n) is 10.6. The molecule has 0 aliphatic carbocycles. The van der Waals surface area contributed by atoms with Crippen molar-refractivity contribution < 1.29 is 20.1 Å². The molecule has 2 aromatic heterocycles. The summed E-state index contributed by atoms with van der Waals surface area (Å²) in [4.78, 5) is 13.6. The number of rotatable bonds is 5. The molecule has 4 heteroatoms. The summed E-state index contributed by atoms with van der Waals surface area (Å²) < 4.78 is 0. The van der Waals surface area contributed by atoms with Gasteiger partial charge in [0.2, 0.25) is 0 Å². The summed E-state index contributed by atoms with van der Waals surface area (Å²) >= 11 is 0. The first-order chi connectivity index (χ1) is 19.0. The van der Waals surface area contributed by atoms with Gasteiger partial charge in [0, 0.05) is 38.7 Å². The molecule has 0 unspecified atom stereocenters. The van der Waals surface area contributed by atoms with Gasteiger partial charge in [0.05, 0.1) is 5.82 Å². The molecule has 40 heavy (non-hydrogen) atoms. The van der Waals surface area contributed by atoms with Crippen molar-refractivity contribution >= 4 is 21.7 Å². The third-order valence-electron chi connectivity index (χ3n) is 6.67. The Balaban J connectivity index is 0.000000182. The van der Waals surface area contributed by atoms with E-state index in [1.165, 1.54) is 21.9 Å². The minimum atomic E-state index is 0. The molecule has 0 atom stereocenters. The van der Waals surface area contributed by atoms with Crippen LogP contribution in [-0.2, 0) is 26.5 Å². The predicted octanol–water partition coefficient (Wildman–Crippen LogP) is 9.12. The van der Waals surface area contributed by atoms with Crippen LogP contribution < -0.4 is 0 Å². The molecule has 0 aliphatic rings. The molecular formula is C36H33IrN3-2. The van der Waals surface area contributed by atoms with E-state index in [0.717, 1.165) is 39.8 Å². The van der Waals surface area contributed by atoms with Crippen LogP contribution in [0, 0.1) is 18.1 Å². The molecule has 4 aromatic carbocycles. The van der Waals surface area contributed by atoms with Gasteiger partial charge in [0.15, 0.2) is 0 Å². The van der Waals surface area contributed by atoms with Crippen LogP contribution in [0.5, 0.6) is 0 Å². The molecular weight excluding hydrogens is 667 g/mol. The van der Waals surface area contributed by atoms with Crippen molar-refractivity contribution in [3.8, 4) is 22.5 Å². The summed E-state index contributed by atoms with van der Waals surface area (Å²) in [5, 5.41) is 3.53. The first-order valence-corrected chi connectivity index (χ1v) is 13.6. The molecule has 3 nitrogen and oxygen atoms in total. The molecule has 0 saturated heterocycles. The van der Waals surface area contributed by atoms with E-state index in [1.54, 1.807) is 0 Å². The molecule has 0 amide bonds. The third kappa shape index (κ3) is 7.07. The predicted molar refractivity (Wildman–Crippen MR) is 162 cm³/mol. The SMILES string of the molecule is CC(C)Cc1cnc2c(ccc3ccc[c-]c32)c1.CC(C)c1cnc(-c2[c-]ccc(-c3ccccc3)c2)nc1.[Ir]. The number of pyridine rings is 1. The van der Waals surface area contributed by atoms with E-state index >= 15 is 0 Å². The number of benzene rings is 4. The van der Waals surface area contributed by atoms with Crippen molar-refractivity contribution in [3.05, 3.63) is 127 Å². The summed E-state index contributed by atoms with van der Waals surface area (Å²) in [5.41, 5.74) is 6.78. The van der Waals surface area contributed by atoms with E-state index in [2.05, 4.69) is 103 Å². The number of fused-ring (bicyclic) bond motifs is 3. The zero-order valence-electron chi connectivity index (χ0n) is 23.4. The van der Waals surface area contributed by atoms with E-state index in [4.69, 9.17) is 0 Å². The van der Waals surface area contributed by atoms with Crippen LogP contribution in [-0.4, -0.2) is 15.0 Å². The molecule has 0 saturated carbocycles. The largest absolute Gasteiger partial charge is 0.304 e. The fraction of sp³-hybridized carbons (Fsp3) is 0.194. The molecule has 0 spiro atoms. The molecule has 6 rings (SSSR count). The Morgan fingerprint density at radius 2 is 1.43 bits per heavy atom. The first-order valence-electron chi connectivity index (χ1n) is 13.6. The van der Waals surface area contributed by atoms with E-state index < -0.39 is 0 Å². The average molecular weight is 700 g/mol. The summed E-state index contributed by atoms with van der Waals surface area (Å²) in [6.45, 7) is 8.75. The third-order valence-corrected chi connectivity index (χ3v) is 6.67. The maximum Gasteiger partial charge on any atom is 0.0748 e. The maximum atomic E-state index is 4.63. The standard InChI is InChI=1S/C19H17N2.C17H16N.Ir/c1-14(2)18-12-20-19(21-13-18)17-10-6-9-16(11-17)15-7-4-3-5-8-15;1-12(2)9-13-10-15-8-7-14-5-3-4-6-16(14)17(15)18-11-13;/h3-9,11-14H,1-2H3;3-5,7-8,10-12H,9H2,1-2H3;/q2*-1;. The Morgan fingerprint density at radius 1 is 0.675 bits per heavy atom. The molecule has 0 aliphatic heterocycles. The summed E-state index contributed by atoms with van der Waals surface area (Å²) in [6, 6.07) is 35.5. The van der Waals surface area contributed by atoms with Crippen molar-refractivity contribution in [2.24, 2.45) is 5.92 Å². The van der Waals surface area contributed by atoms with Gasteiger partial charge in [0.25, 0.3) is 0 Å². The van der Waals surface area contributed by atoms with Gasteiger partial charge in [-0.25, -0.2) is 0 Å². The van der Waals surface area contributed by atoms with Crippen molar-refractivity contribution in [3.63, 3.8) is 0 Å². The van der Waals surface area contributed by atoms with Gasteiger partial charge in [-0.1, -0.05) is 76.2 Å². The molecule has 0 fully saturated rings. The number of hydrogen-bond acceptors (Lipinski definition) is 3. The zero-order chi connectivity index (χ0) is 27.2. The van der Waals surface area contributed by atoms with Gasteiger partial charge in [-0.2, -0.15) is 0 Å². The Morgan fingerprint density at radius 3 is 2.15 bits per heavy atom. The van der Waals surface area contributed by atoms with Crippen molar-refractivity contribution in [2.75, 3.05) is 0 Å². The molecule has 0 bridgehead atoms. The van der Waals surface area contributed by atoms with Gasteiger partial charge in [-0.15, -0.1) is 70.4 Å². The molecule has 1 radical (unpaired) electrons. The maximum absolute atomic E-state index is 4.63. The van der Waals surface area contributed by atoms with Gasteiger partial charge >= 0.3 is 0 Å². The average Bonchev–Trinajstić information content (AvgIpc) is 2.97. The van der Waals surface area contributed by atoms with Gasteiger partial charge in [0.1, 0.15) is 0 Å². The number of aromatic nitrogens is 3. The van der Waals surface area contributed by atoms with Crippen LogP contribution in [0.2, 0.25) is 0 Å². The quantitative estimate of drug-likeness (QED) is 0.133. The van der Waals surface area contributed by atoms with E-state index in [1.807, 2.05) is 55.0 Å². The topological polar surface area (TPSA) is 38.7 Å². The van der Waals surface area contributed by atoms with Gasteiger partial charge < -0.3 is 4.98 Å². The molecule has 6 aromatic rings. The van der Waals surface area contributed by atoms with Gasteiger partial charge in [-0.05, 0) is 45.8 Å². The van der Waals surface area contributed by atoms with Crippen LogP contribution in [0.25, 0.3) is 44.2 Å². The van der Waals surface area contributed by atoms with E-state index in [0.29, 0.717) is 11.8 Å². The Bertz CT molecular complexity index is 1680. The van der Waals surface area contributed by atoms with Crippen LogP contribution in [0.3, 0.4) is 0 Å². The summed E-state index contributed by atoms with van der Waals surface area (Å²) in [7, 11) is 0. The van der Waals surface area contributed by atoms with Crippen LogP contribution in [0.4, 0.5) is 0 Å². The van der Waals surface area contributed by atoms with Crippen molar-refractivity contribution in [1.82, 2.24) is 15.0 Å². The Kier molecular flexibility index (Phi) is 9.93. The minimum absolute atomic E-state index is 0. The summed E-state index contributed by atoms with van der Waals surface area (Å²) in [6.07, 6.45) is 6.88. The van der Waals surface area contributed by atoms with Crippen molar-refractivity contribution in [1.29, 1.82) is 0 Å². The second-order valence-corrected chi connectivity index (χ2v) is 10.6. The molecule has 2 heterocycles. The van der Waals surface area contributed by atoms with Crippen LogP contribution in [0.1, 0.15) is 44.7 Å². The van der Waals surface area contributed by atoms with E-state index in [-0.39, 0.29) is 20.1 Å². The summed E-state index contributed by atoms with van der Waals surface area (Å²) in [5.74, 6) is 1.83. The second kappa shape index (κ2) is 13.6. The van der Waals surface area contributed by atoms with E-state index in [9.17, 15) is 0 Å². The Hall–Kier alpha value is -3.72. The normalized spacial score (nSPS) is 10.8. The minimum Gasteiger partial charge on any atom is -0.304 e. The smallest absolute Gasteiger partial charge is 0.0748 e. The number of nitrogens with zero attached hydrogens (tertiary/aromatic N) is 3. The van der Waals surface area contributed by atoms with Crippen LogP contribution in [0.15, 0.2) is 104 Å².